The summed E-state index contributed by atoms with van der Waals surface area (Å²) in [6, 6.07) is 4.40. The number of hydrogen-bond acceptors (Lipinski definition) is 5. The van der Waals surface area contributed by atoms with Crippen molar-refractivity contribution in [3.63, 3.8) is 0 Å². The number of carbonyl (C=O) groups excluding carboxylic acids is 2. The molecule has 3 heterocycles. The molecule has 2 aliphatic heterocycles. The molecule has 0 aromatic carbocycles. The summed E-state index contributed by atoms with van der Waals surface area (Å²) in [4.78, 5) is 35.7. The van der Waals surface area contributed by atoms with Gasteiger partial charge in [-0.05, 0) is 38.3 Å². The quantitative estimate of drug-likeness (QED) is 0.778. The number of piperazine rings is 1. The number of rotatable bonds is 5. The molecule has 8 heteroatoms. The van der Waals surface area contributed by atoms with Crippen LogP contribution in [0.5, 0.6) is 0 Å². The van der Waals surface area contributed by atoms with Crippen molar-refractivity contribution < 1.29 is 9.59 Å². The van der Waals surface area contributed by atoms with E-state index in [1.807, 2.05) is 43.0 Å². The predicted molar refractivity (Wildman–Crippen MR) is 116 cm³/mol. The number of pyridine rings is 1. The van der Waals surface area contributed by atoms with Crippen LogP contribution >= 0.6 is 12.4 Å². The number of hydrogen-bond donors (Lipinski definition) is 1. The Morgan fingerprint density at radius 1 is 1.28 bits per heavy atom. The summed E-state index contributed by atoms with van der Waals surface area (Å²) in [6.45, 7) is 8.39. The lowest BCUT2D eigenvalue weighted by atomic mass is 9.95. The number of nitrogens with zero attached hydrogens (tertiary/aromatic N) is 4. The summed E-state index contributed by atoms with van der Waals surface area (Å²) < 4.78 is 0. The largest absolute Gasteiger partial charge is 0.343 e. The summed E-state index contributed by atoms with van der Waals surface area (Å²) in [5.41, 5.74) is 1.14. The van der Waals surface area contributed by atoms with Crippen LogP contribution in [0.15, 0.2) is 24.5 Å². The molecule has 0 radical (unpaired) electrons. The maximum absolute atomic E-state index is 12.9. The van der Waals surface area contributed by atoms with Gasteiger partial charge < -0.3 is 15.1 Å². The van der Waals surface area contributed by atoms with Crippen LogP contribution in [0.3, 0.4) is 0 Å². The van der Waals surface area contributed by atoms with Crippen molar-refractivity contribution in [1.29, 1.82) is 0 Å². The number of halogens is 1. The SMILES string of the molecule is CC(C)N(C)C(=O)C1CCN(C(=O)CN2CCNCC2c2cccnc2)CC1.Cl. The first-order valence-corrected chi connectivity index (χ1v) is 10.4. The Balaban J connectivity index is 0.00000300. The number of piperidine rings is 1. The van der Waals surface area contributed by atoms with Crippen molar-refractivity contribution in [2.45, 2.75) is 38.8 Å². The Kier molecular flexibility index (Phi) is 8.86. The van der Waals surface area contributed by atoms with Crippen LogP contribution in [0.25, 0.3) is 0 Å². The summed E-state index contributed by atoms with van der Waals surface area (Å²) >= 11 is 0. The van der Waals surface area contributed by atoms with E-state index in [2.05, 4.69) is 21.3 Å². The van der Waals surface area contributed by atoms with E-state index < -0.39 is 0 Å². The lowest BCUT2D eigenvalue weighted by Crippen LogP contribution is -2.51. The predicted octanol–water partition coefficient (Wildman–Crippen LogP) is 1.56. The molecule has 1 N–H and O–H groups in total. The minimum Gasteiger partial charge on any atom is -0.343 e. The van der Waals surface area contributed by atoms with Crippen molar-refractivity contribution in [3.8, 4) is 0 Å². The van der Waals surface area contributed by atoms with Crippen LogP contribution in [0.2, 0.25) is 0 Å². The number of nitrogens with one attached hydrogen (secondary N) is 1. The van der Waals surface area contributed by atoms with Gasteiger partial charge in [0, 0.05) is 70.2 Å². The van der Waals surface area contributed by atoms with Crippen molar-refractivity contribution >= 4 is 24.2 Å². The fourth-order valence-corrected chi connectivity index (χ4v) is 4.03. The van der Waals surface area contributed by atoms with E-state index in [9.17, 15) is 9.59 Å². The first kappa shape index (κ1) is 23.6. The third-order valence-electron chi connectivity index (χ3n) is 6.08. The standard InChI is InChI=1S/C21H33N5O2.ClH/c1-16(2)24(3)21(28)17-6-10-25(11-7-17)20(27)15-26-12-9-23-14-19(26)18-5-4-8-22-13-18;/h4-5,8,13,16-17,19,23H,6-7,9-12,14-15H2,1-3H3;1H. The number of amides is 2. The molecule has 2 aliphatic rings. The van der Waals surface area contributed by atoms with Crippen molar-refractivity contribution in [2.75, 3.05) is 46.3 Å². The van der Waals surface area contributed by atoms with Crippen LogP contribution in [-0.4, -0.2) is 83.9 Å². The molecule has 3 rings (SSSR count). The zero-order valence-electron chi connectivity index (χ0n) is 17.7. The molecule has 2 fully saturated rings. The zero-order chi connectivity index (χ0) is 20.1. The molecular formula is C21H34ClN5O2. The number of likely N-dealkylation sites (tertiary alicyclic amines) is 1. The zero-order valence-corrected chi connectivity index (χ0v) is 18.5. The van der Waals surface area contributed by atoms with Crippen molar-refractivity contribution in [1.82, 2.24) is 25.0 Å². The molecule has 0 spiro atoms. The van der Waals surface area contributed by atoms with E-state index in [1.54, 1.807) is 6.20 Å². The second-order valence-corrected chi connectivity index (χ2v) is 8.17. The van der Waals surface area contributed by atoms with Gasteiger partial charge in [0.05, 0.1) is 6.54 Å². The van der Waals surface area contributed by atoms with Gasteiger partial charge >= 0.3 is 0 Å². The van der Waals surface area contributed by atoms with Gasteiger partial charge in [-0.25, -0.2) is 0 Å². The smallest absolute Gasteiger partial charge is 0.236 e. The van der Waals surface area contributed by atoms with E-state index >= 15 is 0 Å². The highest BCUT2D eigenvalue weighted by Gasteiger charge is 2.32. The fraction of sp³-hybridized carbons (Fsp3) is 0.667. The van der Waals surface area contributed by atoms with Crippen LogP contribution in [0.1, 0.15) is 38.3 Å². The summed E-state index contributed by atoms with van der Waals surface area (Å²) in [5.74, 6) is 0.415. The Bertz CT molecular complexity index is 664. The van der Waals surface area contributed by atoms with Gasteiger partial charge in [-0.1, -0.05) is 6.07 Å². The van der Waals surface area contributed by atoms with E-state index in [0.29, 0.717) is 19.6 Å². The first-order valence-electron chi connectivity index (χ1n) is 10.4. The third-order valence-corrected chi connectivity index (χ3v) is 6.08. The van der Waals surface area contributed by atoms with E-state index in [1.165, 1.54) is 0 Å². The molecule has 1 aromatic rings. The summed E-state index contributed by atoms with van der Waals surface area (Å²) in [5, 5.41) is 3.42. The van der Waals surface area contributed by atoms with Gasteiger partial charge in [0.15, 0.2) is 0 Å². The van der Waals surface area contributed by atoms with Gasteiger partial charge in [0.25, 0.3) is 0 Å². The molecular weight excluding hydrogens is 390 g/mol. The van der Waals surface area contributed by atoms with Crippen LogP contribution in [0, 0.1) is 5.92 Å². The van der Waals surface area contributed by atoms with E-state index in [4.69, 9.17) is 0 Å². The van der Waals surface area contributed by atoms with Gasteiger partial charge in [-0.2, -0.15) is 0 Å². The molecule has 29 heavy (non-hydrogen) atoms. The number of carbonyl (C=O) groups is 2. The molecule has 7 nitrogen and oxygen atoms in total. The molecule has 2 amide bonds. The molecule has 1 unspecified atom stereocenters. The molecule has 1 aromatic heterocycles. The fourth-order valence-electron chi connectivity index (χ4n) is 4.03. The van der Waals surface area contributed by atoms with Gasteiger partial charge in [-0.15, -0.1) is 12.4 Å². The minimum atomic E-state index is 0. The van der Waals surface area contributed by atoms with Crippen molar-refractivity contribution in [3.05, 3.63) is 30.1 Å². The molecule has 0 bridgehead atoms. The Morgan fingerprint density at radius 3 is 2.62 bits per heavy atom. The highest BCUT2D eigenvalue weighted by Crippen LogP contribution is 2.23. The monoisotopic (exact) mass is 423 g/mol. The first-order chi connectivity index (χ1) is 13.5. The molecule has 0 aliphatic carbocycles. The Morgan fingerprint density at radius 2 is 2.00 bits per heavy atom. The van der Waals surface area contributed by atoms with Crippen LogP contribution in [0.4, 0.5) is 0 Å². The third kappa shape index (κ3) is 5.90. The average Bonchev–Trinajstić information content (AvgIpc) is 2.73. The van der Waals surface area contributed by atoms with Gasteiger partial charge in [0.1, 0.15) is 0 Å². The van der Waals surface area contributed by atoms with Gasteiger partial charge in [-0.3, -0.25) is 19.5 Å². The topological polar surface area (TPSA) is 68.8 Å². The van der Waals surface area contributed by atoms with E-state index in [0.717, 1.165) is 38.0 Å². The molecule has 2 saturated heterocycles. The minimum absolute atomic E-state index is 0. The average molecular weight is 424 g/mol. The Hall–Kier alpha value is -1.70. The van der Waals surface area contributed by atoms with E-state index in [-0.39, 0.29) is 42.2 Å². The van der Waals surface area contributed by atoms with Crippen LogP contribution < -0.4 is 5.32 Å². The summed E-state index contributed by atoms with van der Waals surface area (Å²) in [7, 11) is 1.87. The van der Waals surface area contributed by atoms with Crippen LogP contribution in [-0.2, 0) is 9.59 Å². The highest BCUT2D eigenvalue weighted by atomic mass is 35.5. The summed E-state index contributed by atoms with van der Waals surface area (Å²) in [6.07, 6.45) is 5.18. The normalized spacial score (nSPS) is 21.0. The lowest BCUT2D eigenvalue weighted by molar-refractivity contribution is -0.141. The Labute approximate surface area is 180 Å². The second kappa shape index (κ2) is 10.9. The lowest BCUT2D eigenvalue weighted by Gasteiger charge is -2.38. The highest BCUT2D eigenvalue weighted by molar-refractivity contribution is 5.85. The molecule has 1 atom stereocenters. The van der Waals surface area contributed by atoms with Crippen molar-refractivity contribution in [2.24, 2.45) is 5.92 Å². The number of aromatic nitrogens is 1. The maximum Gasteiger partial charge on any atom is 0.236 e. The molecule has 0 saturated carbocycles. The van der Waals surface area contributed by atoms with Gasteiger partial charge in [0.2, 0.25) is 11.8 Å². The maximum atomic E-state index is 12.9. The molecule has 162 valence electrons. The second-order valence-electron chi connectivity index (χ2n) is 8.17.